The predicted molar refractivity (Wildman–Crippen MR) is 139 cm³/mol. The van der Waals surface area contributed by atoms with Gasteiger partial charge < -0.3 is 15.1 Å². The molecule has 35 heavy (non-hydrogen) atoms. The van der Waals surface area contributed by atoms with Crippen molar-refractivity contribution >= 4 is 39.1 Å². The van der Waals surface area contributed by atoms with E-state index in [0.717, 1.165) is 52.8 Å². The third-order valence-corrected chi connectivity index (χ3v) is 7.52. The SMILES string of the molecule is Cc1cc(C)c2c(=O)cc(C(=O)Nc3sc4c(c3C(=O)NCCc3ccccc3)CCC4)oc2c1. The fraction of sp³-hybridized carbons (Fsp3) is 0.250. The maximum atomic E-state index is 13.2. The fourth-order valence-electron chi connectivity index (χ4n) is 4.73. The second-order valence-electron chi connectivity index (χ2n) is 8.94. The van der Waals surface area contributed by atoms with Crippen molar-refractivity contribution in [2.75, 3.05) is 11.9 Å². The third-order valence-electron chi connectivity index (χ3n) is 6.31. The highest BCUT2D eigenvalue weighted by molar-refractivity contribution is 7.17. The third kappa shape index (κ3) is 4.64. The molecule has 2 amide bonds. The van der Waals surface area contributed by atoms with Crippen LogP contribution in [0, 0.1) is 13.8 Å². The molecular weight excluding hydrogens is 460 g/mol. The van der Waals surface area contributed by atoms with E-state index in [2.05, 4.69) is 10.6 Å². The molecule has 7 heteroatoms. The van der Waals surface area contributed by atoms with Crippen molar-refractivity contribution in [2.24, 2.45) is 0 Å². The Kier molecular flexibility index (Phi) is 6.26. The van der Waals surface area contributed by atoms with Crippen LogP contribution in [-0.2, 0) is 19.3 Å². The highest BCUT2D eigenvalue weighted by Crippen LogP contribution is 2.39. The quantitative estimate of drug-likeness (QED) is 0.393. The zero-order valence-electron chi connectivity index (χ0n) is 19.7. The summed E-state index contributed by atoms with van der Waals surface area (Å²) in [5, 5.41) is 6.83. The molecule has 0 bridgehead atoms. The summed E-state index contributed by atoms with van der Waals surface area (Å²) in [6.45, 7) is 4.26. The van der Waals surface area contributed by atoms with Gasteiger partial charge in [0.2, 0.25) is 0 Å². The Morgan fingerprint density at radius 1 is 1.03 bits per heavy atom. The van der Waals surface area contributed by atoms with Crippen LogP contribution in [0.5, 0.6) is 0 Å². The van der Waals surface area contributed by atoms with Gasteiger partial charge in [-0.25, -0.2) is 0 Å². The first kappa shape index (κ1) is 23.1. The summed E-state index contributed by atoms with van der Waals surface area (Å²) in [5.41, 5.74) is 4.56. The van der Waals surface area contributed by atoms with Crippen LogP contribution < -0.4 is 16.1 Å². The lowest BCUT2D eigenvalue weighted by Crippen LogP contribution is -2.27. The minimum absolute atomic E-state index is 0.0727. The van der Waals surface area contributed by atoms with Crippen molar-refractivity contribution in [1.82, 2.24) is 5.32 Å². The number of thiophene rings is 1. The van der Waals surface area contributed by atoms with E-state index in [1.807, 2.05) is 50.2 Å². The van der Waals surface area contributed by atoms with Crippen LogP contribution >= 0.6 is 11.3 Å². The molecule has 0 unspecified atom stereocenters. The standard InChI is InChI=1S/C28H26N2O4S/c1-16-13-17(2)24-20(31)15-22(34-21(24)14-16)26(32)30-28-25(19-9-6-10-23(19)35-28)27(33)29-12-11-18-7-4-3-5-8-18/h3-5,7-8,13-15H,6,9-12H2,1-2H3,(H,29,33)(H,30,32). The minimum atomic E-state index is -0.540. The first-order valence-corrected chi connectivity index (χ1v) is 12.6. The molecule has 178 valence electrons. The number of rotatable bonds is 6. The number of carbonyl (C=O) groups is 2. The molecule has 0 radical (unpaired) electrons. The topological polar surface area (TPSA) is 88.4 Å². The average Bonchev–Trinajstić information content (AvgIpc) is 3.39. The average molecular weight is 487 g/mol. The van der Waals surface area contributed by atoms with Crippen molar-refractivity contribution in [3.8, 4) is 0 Å². The number of nitrogens with one attached hydrogen (secondary N) is 2. The number of hydrogen-bond acceptors (Lipinski definition) is 5. The summed E-state index contributed by atoms with van der Waals surface area (Å²) in [6.07, 6.45) is 3.43. The van der Waals surface area contributed by atoms with Crippen LogP contribution in [0.2, 0.25) is 0 Å². The molecule has 4 aromatic rings. The minimum Gasteiger partial charge on any atom is -0.451 e. The van der Waals surface area contributed by atoms with Crippen LogP contribution in [0.4, 0.5) is 5.00 Å². The van der Waals surface area contributed by atoms with E-state index in [1.54, 1.807) is 6.07 Å². The summed E-state index contributed by atoms with van der Waals surface area (Å²) in [6, 6.07) is 14.9. The first-order valence-electron chi connectivity index (χ1n) is 11.7. The summed E-state index contributed by atoms with van der Waals surface area (Å²) in [7, 11) is 0. The maximum Gasteiger partial charge on any atom is 0.292 e. The second kappa shape index (κ2) is 9.50. The van der Waals surface area contributed by atoms with Gasteiger partial charge in [0.15, 0.2) is 11.2 Å². The molecule has 2 N–H and O–H groups in total. The molecule has 5 rings (SSSR count). The normalized spacial score (nSPS) is 12.5. The Labute approximate surface area is 207 Å². The molecular formula is C28H26N2O4S. The summed E-state index contributed by atoms with van der Waals surface area (Å²) < 4.78 is 5.82. The monoisotopic (exact) mass is 486 g/mol. The van der Waals surface area contributed by atoms with E-state index in [-0.39, 0.29) is 17.1 Å². The van der Waals surface area contributed by atoms with E-state index in [4.69, 9.17) is 4.42 Å². The Hall–Kier alpha value is -3.71. The number of benzene rings is 2. The molecule has 1 aliphatic carbocycles. The Balaban J connectivity index is 1.39. The van der Waals surface area contributed by atoms with Crippen LogP contribution in [0.3, 0.4) is 0 Å². The fourth-order valence-corrected chi connectivity index (χ4v) is 6.01. The zero-order valence-corrected chi connectivity index (χ0v) is 20.5. The second-order valence-corrected chi connectivity index (χ2v) is 10.0. The maximum absolute atomic E-state index is 13.2. The molecule has 0 fully saturated rings. The van der Waals surface area contributed by atoms with Gasteiger partial charge in [-0.2, -0.15) is 0 Å². The highest BCUT2D eigenvalue weighted by Gasteiger charge is 2.28. The summed E-state index contributed by atoms with van der Waals surface area (Å²) >= 11 is 1.43. The van der Waals surface area contributed by atoms with Gasteiger partial charge in [0.25, 0.3) is 11.8 Å². The van der Waals surface area contributed by atoms with Crippen molar-refractivity contribution in [3.63, 3.8) is 0 Å². The van der Waals surface area contributed by atoms with Crippen LogP contribution in [0.25, 0.3) is 11.0 Å². The molecule has 0 saturated carbocycles. The lowest BCUT2D eigenvalue weighted by atomic mass is 10.1. The highest BCUT2D eigenvalue weighted by atomic mass is 32.1. The molecule has 0 aliphatic heterocycles. The molecule has 0 saturated heterocycles. The number of fused-ring (bicyclic) bond motifs is 2. The van der Waals surface area contributed by atoms with Crippen LogP contribution in [0.1, 0.15) is 54.5 Å². The van der Waals surface area contributed by atoms with Gasteiger partial charge in [0.1, 0.15) is 10.6 Å². The first-order chi connectivity index (χ1) is 16.9. The zero-order chi connectivity index (χ0) is 24.5. The summed E-state index contributed by atoms with van der Waals surface area (Å²) in [4.78, 5) is 40.1. The van der Waals surface area contributed by atoms with Crippen molar-refractivity contribution in [3.05, 3.63) is 97.2 Å². The molecule has 2 heterocycles. The lowest BCUT2D eigenvalue weighted by Gasteiger charge is -2.10. The smallest absolute Gasteiger partial charge is 0.292 e. The molecule has 0 atom stereocenters. The van der Waals surface area contributed by atoms with Crippen LogP contribution in [-0.4, -0.2) is 18.4 Å². The Morgan fingerprint density at radius 2 is 1.83 bits per heavy atom. The molecule has 6 nitrogen and oxygen atoms in total. The van der Waals surface area contributed by atoms with Gasteiger partial charge in [-0.05, 0) is 67.9 Å². The molecule has 2 aromatic heterocycles. The van der Waals surface area contributed by atoms with Gasteiger partial charge in [0.05, 0.1) is 10.9 Å². The van der Waals surface area contributed by atoms with Gasteiger partial charge in [-0.1, -0.05) is 36.4 Å². The number of anilines is 1. The van der Waals surface area contributed by atoms with E-state index in [0.29, 0.717) is 28.1 Å². The van der Waals surface area contributed by atoms with Gasteiger partial charge in [0, 0.05) is 17.5 Å². The largest absolute Gasteiger partial charge is 0.451 e. The van der Waals surface area contributed by atoms with Crippen molar-refractivity contribution in [2.45, 2.75) is 39.5 Å². The van der Waals surface area contributed by atoms with E-state index < -0.39 is 5.91 Å². The predicted octanol–water partition coefficient (Wildman–Crippen LogP) is 5.18. The van der Waals surface area contributed by atoms with E-state index in [1.165, 1.54) is 17.4 Å². The molecule has 1 aliphatic rings. The molecule has 2 aromatic carbocycles. The van der Waals surface area contributed by atoms with Gasteiger partial charge in [-0.15, -0.1) is 11.3 Å². The number of carbonyl (C=O) groups excluding carboxylic acids is 2. The van der Waals surface area contributed by atoms with E-state index in [9.17, 15) is 14.4 Å². The number of hydrogen-bond donors (Lipinski definition) is 2. The van der Waals surface area contributed by atoms with Crippen molar-refractivity contribution < 1.29 is 14.0 Å². The lowest BCUT2D eigenvalue weighted by molar-refractivity contribution is 0.0954. The Morgan fingerprint density at radius 3 is 2.63 bits per heavy atom. The van der Waals surface area contributed by atoms with E-state index >= 15 is 0 Å². The number of aryl methyl sites for hydroxylation is 3. The molecule has 0 spiro atoms. The van der Waals surface area contributed by atoms with Crippen LogP contribution in [0.15, 0.2) is 57.7 Å². The van der Waals surface area contributed by atoms with Gasteiger partial charge >= 0.3 is 0 Å². The van der Waals surface area contributed by atoms with Gasteiger partial charge in [-0.3, -0.25) is 14.4 Å². The van der Waals surface area contributed by atoms with Crippen molar-refractivity contribution in [1.29, 1.82) is 0 Å². The Bertz CT molecular complexity index is 1500. The number of amides is 2. The summed E-state index contributed by atoms with van der Waals surface area (Å²) in [5.74, 6) is -0.806.